The van der Waals surface area contributed by atoms with Crippen LogP contribution in [0.4, 0.5) is 5.69 Å². The van der Waals surface area contributed by atoms with E-state index >= 15 is 0 Å². The number of carbonyl (C=O) groups excluding carboxylic acids is 1. The molecular formula is C16H15Cl3N2O3S. The van der Waals surface area contributed by atoms with Gasteiger partial charge in [-0.05, 0) is 29.8 Å². The Kier molecular flexibility index (Phi) is 6.71. The largest absolute Gasteiger partial charge is 0.324 e. The van der Waals surface area contributed by atoms with Crippen LogP contribution in [0.3, 0.4) is 0 Å². The molecule has 134 valence electrons. The third-order valence-electron chi connectivity index (χ3n) is 3.29. The summed E-state index contributed by atoms with van der Waals surface area (Å²) < 4.78 is 25.0. The second kappa shape index (κ2) is 8.38. The average molecular weight is 422 g/mol. The number of hydrogen-bond donors (Lipinski definition) is 1. The van der Waals surface area contributed by atoms with Crippen molar-refractivity contribution in [3.8, 4) is 0 Å². The van der Waals surface area contributed by atoms with Gasteiger partial charge < -0.3 is 5.32 Å². The van der Waals surface area contributed by atoms with E-state index < -0.39 is 15.9 Å². The molecule has 1 amide bonds. The Morgan fingerprint density at radius 2 is 1.72 bits per heavy atom. The van der Waals surface area contributed by atoms with Crippen LogP contribution >= 0.6 is 34.8 Å². The van der Waals surface area contributed by atoms with Crippen molar-refractivity contribution in [3.63, 3.8) is 0 Å². The first-order valence-electron chi connectivity index (χ1n) is 7.10. The lowest BCUT2D eigenvalue weighted by Gasteiger charge is -2.20. The minimum absolute atomic E-state index is 0.0483. The Bertz CT molecular complexity index is 871. The van der Waals surface area contributed by atoms with Gasteiger partial charge in [-0.2, -0.15) is 4.31 Å². The van der Waals surface area contributed by atoms with E-state index in [0.29, 0.717) is 21.3 Å². The molecule has 0 heterocycles. The highest BCUT2D eigenvalue weighted by molar-refractivity contribution is 7.88. The van der Waals surface area contributed by atoms with Crippen LogP contribution in [0.25, 0.3) is 0 Å². The Morgan fingerprint density at radius 1 is 1.08 bits per heavy atom. The summed E-state index contributed by atoms with van der Waals surface area (Å²) in [7, 11) is -3.60. The third-order valence-corrected chi connectivity index (χ3v) is 5.55. The van der Waals surface area contributed by atoms with E-state index in [0.717, 1.165) is 10.6 Å². The Morgan fingerprint density at radius 3 is 2.32 bits per heavy atom. The van der Waals surface area contributed by atoms with Crippen molar-refractivity contribution in [3.05, 3.63) is 63.1 Å². The molecule has 2 rings (SSSR count). The summed E-state index contributed by atoms with van der Waals surface area (Å²) in [6, 6.07) is 11.5. The number of hydrogen-bond acceptors (Lipinski definition) is 3. The molecule has 9 heteroatoms. The van der Waals surface area contributed by atoms with Crippen LogP contribution in [0.1, 0.15) is 5.56 Å². The zero-order chi connectivity index (χ0) is 18.6. The molecule has 25 heavy (non-hydrogen) atoms. The number of rotatable bonds is 6. The maximum absolute atomic E-state index is 12.2. The number of sulfonamides is 1. The van der Waals surface area contributed by atoms with E-state index in [2.05, 4.69) is 5.32 Å². The molecule has 0 fully saturated rings. The average Bonchev–Trinajstić information content (AvgIpc) is 2.52. The van der Waals surface area contributed by atoms with Crippen molar-refractivity contribution in [2.75, 3.05) is 18.1 Å². The quantitative estimate of drug-likeness (QED) is 0.765. The molecule has 0 spiro atoms. The molecule has 1 N–H and O–H groups in total. The molecule has 5 nitrogen and oxygen atoms in total. The van der Waals surface area contributed by atoms with Gasteiger partial charge in [0, 0.05) is 11.6 Å². The predicted octanol–water partition coefficient (Wildman–Crippen LogP) is 4.05. The van der Waals surface area contributed by atoms with Crippen LogP contribution in [0.2, 0.25) is 15.1 Å². The topological polar surface area (TPSA) is 66.5 Å². The molecule has 0 aliphatic rings. The number of nitrogens with zero attached hydrogens (tertiary/aromatic N) is 1. The lowest BCUT2D eigenvalue weighted by atomic mass is 10.2. The molecular weight excluding hydrogens is 407 g/mol. The van der Waals surface area contributed by atoms with Gasteiger partial charge in [0.1, 0.15) is 0 Å². The van der Waals surface area contributed by atoms with Gasteiger partial charge in [0.15, 0.2) is 0 Å². The fourth-order valence-electron chi connectivity index (χ4n) is 2.03. The van der Waals surface area contributed by atoms with Gasteiger partial charge >= 0.3 is 0 Å². The fourth-order valence-corrected chi connectivity index (χ4v) is 3.24. The van der Waals surface area contributed by atoms with Crippen molar-refractivity contribution in [2.24, 2.45) is 0 Å². The highest BCUT2D eigenvalue weighted by Crippen LogP contribution is 2.29. The summed E-state index contributed by atoms with van der Waals surface area (Å²) in [5.74, 6) is -0.524. The Hall–Kier alpha value is -1.31. The zero-order valence-corrected chi connectivity index (χ0v) is 16.3. The Balaban J connectivity index is 2.12. The number of benzene rings is 2. The highest BCUT2D eigenvalue weighted by atomic mass is 35.5. The summed E-state index contributed by atoms with van der Waals surface area (Å²) in [6.07, 6.45) is 1.04. The van der Waals surface area contributed by atoms with Crippen molar-refractivity contribution < 1.29 is 13.2 Å². The Labute approximate surface area is 161 Å². The zero-order valence-electron chi connectivity index (χ0n) is 13.2. The minimum atomic E-state index is -3.60. The van der Waals surface area contributed by atoms with Crippen molar-refractivity contribution >= 4 is 56.4 Å². The van der Waals surface area contributed by atoms with Gasteiger partial charge in [-0.1, -0.05) is 53.0 Å². The summed E-state index contributed by atoms with van der Waals surface area (Å²) in [5.41, 5.74) is 1.03. The van der Waals surface area contributed by atoms with E-state index in [4.69, 9.17) is 34.8 Å². The van der Waals surface area contributed by atoms with E-state index in [1.807, 2.05) is 0 Å². The summed E-state index contributed by atoms with van der Waals surface area (Å²) >= 11 is 17.7. The van der Waals surface area contributed by atoms with Crippen molar-refractivity contribution in [2.45, 2.75) is 6.54 Å². The molecule has 0 aliphatic heterocycles. The molecule has 0 radical (unpaired) electrons. The standard InChI is InChI=1S/C16H15Cl3N2O3S/c1-25(23,24)21(9-11-5-7-12(17)8-6-11)10-15(22)20-14-4-2-3-13(18)16(14)19/h2-8H,9-10H2,1H3,(H,20,22). The van der Waals surface area contributed by atoms with Crippen molar-refractivity contribution in [1.82, 2.24) is 4.31 Å². The molecule has 0 aromatic heterocycles. The third kappa shape index (κ3) is 5.87. The number of halogens is 3. The van der Waals surface area contributed by atoms with Crippen LogP contribution in [0.15, 0.2) is 42.5 Å². The van der Waals surface area contributed by atoms with Gasteiger partial charge in [-0.15, -0.1) is 0 Å². The predicted molar refractivity (Wildman–Crippen MR) is 102 cm³/mol. The molecule has 0 aliphatic carbocycles. The molecule has 0 atom stereocenters. The summed E-state index contributed by atoms with van der Waals surface area (Å²) in [5, 5.41) is 3.60. The van der Waals surface area contributed by atoms with Gasteiger partial charge in [0.05, 0.1) is 28.5 Å². The first kappa shape index (κ1) is 20.0. The van der Waals surface area contributed by atoms with E-state index in [1.165, 1.54) is 0 Å². The molecule has 2 aromatic carbocycles. The highest BCUT2D eigenvalue weighted by Gasteiger charge is 2.21. The second-order valence-electron chi connectivity index (χ2n) is 5.31. The normalized spacial score (nSPS) is 11.6. The molecule has 0 saturated carbocycles. The van der Waals surface area contributed by atoms with Gasteiger partial charge in [-0.3, -0.25) is 4.79 Å². The van der Waals surface area contributed by atoms with Gasteiger partial charge in [0.25, 0.3) is 0 Å². The maximum Gasteiger partial charge on any atom is 0.239 e. The first-order valence-corrected chi connectivity index (χ1v) is 10.1. The number of anilines is 1. The minimum Gasteiger partial charge on any atom is -0.324 e. The first-order chi connectivity index (χ1) is 11.7. The lowest BCUT2D eigenvalue weighted by molar-refractivity contribution is -0.116. The summed E-state index contributed by atoms with van der Waals surface area (Å²) in [4.78, 5) is 12.2. The monoisotopic (exact) mass is 420 g/mol. The van der Waals surface area contributed by atoms with Gasteiger partial charge in [-0.25, -0.2) is 8.42 Å². The van der Waals surface area contributed by atoms with Crippen LogP contribution in [-0.2, 0) is 21.4 Å². The van der Waals surface area contributed by atoms with Crippen LogP contribution in [0, 0.1) is 0 Å². The number of amides is 1. The number of carbonyl (C=O) groups is 1. The maximum atomic E-state index is 12.2. The lowest BCUT2D eigenvalue weighted by Crippen LogP contribution is -2.36. The van der Waals surface area contributed by atoms with E-state index in [1.54, 1.807) is 42.5 Å². The molecule has 0 bridgehead atoms. The van der Waals surface area contributed by atoms with Crippen LogP contribution in [0.5, 0.6) is 0 Å². The summed E-state index contributed by atoms with van der Waals surface area (Å²) in [6.45, 7) is -0.309. The van der Waals surface area contributed by atoms with E-state index in [-0.39, 0.29) is 18.1 Å². The molecule has 0 unspecified atom stereocenters. The van der Waals surface area contributed by atoms with Crippen LogP contribution in [-0.4, -0.2) is 31.4 Å². The fraction of sp³-hybridized carbons (Fsp3) is 0.188. The second-order valence-corrected chi connectivity index (χ2v) is 8.51. The number of nitrogens with one attached hydrogen (secondary N) is 1. The molecule has 0 saturated heterocycles. The smallest absolute Gasteiger partial charge is 0.239 e. The van der Waals surface area contributed by atoms with Crippen molar-refractivity contribution in [1.29, 1.82) is 0 Å². The SMILES string of the molecule is CS(=O)(=O)N(CC(=O)Nc1cccc(Cl)c1Cl)Cc1ccc(Cl)cc1. The van der Waals surface area contributed by atoms with Gasteiger partial charge in [0.2, 0.25) is 15.9 Å². The molecule has 2 aromatic rings. The van der Waals surface area contributed by atoms with E-state index in [9.17, 15) is 13.2 Å². The van der Waals surface area contributed by atoms with Crippen LogP contribution < -0.4 is 5.32 Å².